The van der Waals surface area contributed by atoms with Crippen LogP contribution in [0.4, 0.5) is 0 Å². The number of hydrogen-bond acceptors (Lipinski definition) is 3. The van der Waals surface area contributed by atoms with Crippen LogP contribution >= 0.6 is 0 Å². The van der Waals surface area contributed by atoms with Gasteiger partial charge in [0.15, 0.2) is 0 Å². The molecule has 0 saturated carbocycles. The van der Waals surface area contributed by atoms with E-state index in [1.807, 2.05) is 6.92 Å². The van der Waals surface area contributed by atoms with E-state index in [0.717, 1.165) is 26.2 Å². The van der Waals surface area contributed by atoms with Gasteiger partial charge in [-0.15, -0.1) is 0 Å². The third kappa shape index (κ3) is 5.14. The summed E-state index contributed by atoms with van der Waals surface area (Å²) in [4.78, 5) is 13.5. The van der Waals surface area contributed by atoms with Crippen LogP contribution in [0.3, 0.4) is 0 Å². The molecule has 1 atom stereocenters. The largest absolute Gasteiger partial charge is 0.356 e. The Morgan fingerprint density at radius 2 is 2.40 bits per heavy atom. The third-order valence-electron chi connectivity index (χ3n) is 2.79. The molecule has 0 aliphatic carbocycles. The highest BCUT2D eigenvalue weighted by Gasteiger charge is 2.15. The van der Waals surface area contributed by atoms with Gasteiger partial charge in [-0.2, -0.15) is 0 Å². The number of carbonyl (C=O) groups is 1. The van der Waals surface area contributed by atoms with Gasteiger partial charge in [0, 0.05) is 32.1 Å². The maximum Gasteiger partial charge on any atom is 0.221 e. The fourth-order valence-electron chi connectivity index (χ4n) is 1.96. The quantitative estimate of drug-likeness (QED) is 0.662. The molecule has 0 bridgehead atoms. The Morgan fingerprint density at radius 1 is 1.60 bits per heavy atom. The maximum absolute atomic E-state index is 11.2. The highest BCUT2D eigenvalue weighted by Crippen LogP contribution is 2.05. The van der Waals surface area contributed by atoms with Crippen molar-refractivity contribution in [3.8, 4) is 0 Å². The molecule has 0 radical (unpaired) electrons. The summed E-state index contributed by atoms with van der Waals surface area (Å²) < 4.78 is 0. The molecule has 4 heteroatoms. The van der Waals surface area contributed by atoms with Crippen LogP contribution in [0.25, 0.3) is 0 Å². The molecule has 4 nitrogen and oxygen atoms in total. The van der Waals surface area contributed by atoms with Gasteiger partial charge in [0.2, 0.25) is 5.91 Å². The van der Waals surface area contributed by atoms with E-state index < -0.39 is 0 Å². The van der Waals surface area contributed by atoms with Crippen molar-refractivity contribution in [2.24, 2.45) is 0 Å². The second-order valence-electron chi connectivity index (χ2n) is 4.26. The number of carbonyl (C=O) groups excluding carboxylic acids is 1. The van der Waals surface area contributed by atoms with Crippen LogP contribution in [0.5, 0.6) is 0 Å². The lowest BCUT2D eigenvalue weighted by Crippen LogP contribution is -2.37. The smallest absolute Gasteiger partial charge is 0.221 e. The van der Waals surface area contributed by atoms with E-state index in [-0.39, 0.29) is 5.91 Å². The first-order chi connectivity index (χ1) is 7.22. The van der Waals surface area contributed by atoms with Gasteiger partial charge in [-0.25, -0.2) is 0 Å². The first-order valence-electron chi connectivity index (χ1n) is 5.91. The zero-order chi connectivity index (χ0) is 11.1. The van der Waals surface area contributed by atoms with Gasteiger partial charge in [-0.1, -0.05) is 0 Å². The van der Waals surface area contributed by atoms with Gasteiger partial charge in [0.25, 0.3) is 0 Å². The normalized spacial score (nSPS) is 20.9. The van der Waals surface area contributed by atoms with Gasteiger partial charge in [0.05, 0.1) is 0 Å². The zero-order valence-corrected chi connectivity index (χ0v) is 9.88. The SMILES string of the molecule is CCNC(=O)CCN(C)CC1CCCN1. The summed E-state index contributed by atoms with van der Waals surface area (Å²) in [6.07, 6.45) is 3.16. The van der Waals surface area contributed by atoms with Gasteiger partial charge in [-0.3, -0.25) is 4.79 Å². The summed E-state index contributed by atoms with van der Waals surface area (Å²) in [7, 11) is 2.08. The molecule has 1 fully saturated rings. The first kappa shape index (κ1) is 12.5. The fraction of sp³-hybridized carbons (Fsp3) is 0.909. The predicted octanol–water partition coefficient (Wildman–Crippen LogP) is 0.196. The lowest BCUT2D eigenvalue weighted by molar-refractivity contribution is -0.121. The Hall–Kier alpha value is -0.610. The van der Waals surface area contributed by atoms with Gasteiger partial charge < -0.3 is 15.5 Å². The number of amides is 1. The summed E-state index contributed by atoms with van der Waals surface area (Å²) in [5, 5.41) is 6.27. The summed E-state index contributed by atoms with van der Waals surface area (Å²) in [5.74, 6) is 0.156. The molecule has 1 aliphatic heterocycles. The molecule has 0 aromatic heterocycles. The van der Waals surface area contributed by atoms with E-state index in [0.29, 0.717) is 12.5 Å². The Bertz CT molecular complexity index is 190. The van der Waals surface area contributed by atoms with Crippen molar-refractivity contribution in [3.05, 3.63) is 0 Å². The molecule has 2 N–H and O–H groups in total. The minimum absolute atomic E-state index is 0.156. The lowest BCUT2D eigenvalue weighted by Gasteiger charge is -2.20. The van der Waals surface area contributed by atoms with Crippen molar-refractivity contribution in [2.75, 3.05) is 33.2 Å². The first-order valence-corrected chi connectivity index (χ1v) is 5.91. The minimum Gasteiger partial charge on any atom is -0.356 e. The Morgan fingerprint density at radius 3 is 3.00 bits per heavy atom. The molecule has 88 valence electrons. The molecule has 1 unspecified atom stereocenters. The van der Waals surface area contributed by atoms with Crippen LogP contribution in [0.2, 0.25) is 0 Å². The Balaban J connectivity index is 2.07. The van der Waals surface area contributed by atoms with Crippen LogP contribution in [0.1, 0.15) is 26.2 Å². The third-order valence-corrected chi connectivity index (χ3v) is 2.79. The number of nitrogens with zero attached hydrogens (tertiary/aromatic N) is 1. The number of rotatable bonds is 6. The average Bonchev–Trinajstić information content (AvgIpc) is 2.68. The summed E-state index contributed by atoms with van der Waals surface area (Å²) in [5.41, 5.74) is 0. The second-order valence-corrected chi connectivity index (χ2v) is 4.26. The highest BCUT2D eigenvalue weighted by atomic mass is 16.1. The van der Waals surface area contributed by atoms with Crippen molar-refractivity contribution < 1.29 is 4.79 Å². The molecular formula is C11H23N3O. The molecule has 1 saturated heterocycles. The van der Waals surface area contributed by atoms with E-state index in [2.05, 4.69) is 22.6 Å². The molecule has 0 spiro atoms. The van der Waals surface area contributed by atoms with E-state index in [1.165, 1.54) is 12.8 Å². The van der Waals surface area contributed by atoms with E-state index in [1.54, 1.807) is 0 Å². The van der Waals surface area contributed by atoms with Crippen LogP contribution in [-0.2, 0) is 4.79 Å². The molecule has 15 heavy (non-hydrogen) atoms. The summed E-state index contributed by atoms with van der Waals surface area (Å²) in [6.45, 7) is 5.73. The fourth-order valence-corrected chi connectivity index (χ4v) is 1.96. The van der Waals surface area contributed by atoms with E-state index in [9.17, 15) is 4.79 Å². The number of likely N-dealkylation sites (N-methyl/N-ethyl adjacent to an activating group) is 1. The lowest BCUT2D eigenvalue weighted by atomic mass is 10.2. The second kappa shape index (κ2) is 6.80. The Kier molecular flexibility index (Phi) is 5.65. The van der Waals surface area contributed by atoms with Crippen molar-refractivity contribution in [2.45, 2.75) is 32.2 Å². The van der Waals surface area contributed by atoms with Crippen molar-refractivity contribution >= 4 is 5.91 Å². The molecule has 1 aliphatic rings. The molecule has 0 aromatic carbocycles. The van der Waals surface area contributed by atoms with Crippen LogP contribution in [0.15, 0.2) is 0 Å². The van der Waals surface area contributed by atoms with E-state index in [4.69, 9.17) is 0 Å². The average molecular weight is 213 g/mol. The minimum atomic E-state index is 0.156. The van der Waals surface area contributed by atoms with Gasteiger partial charge in [0.1, 0.15) is 0 Å². The number of nitrogens with one attached hydrogen (secondary N) is 2. The molecule has 1 heterocycles. The summed E-state index contributed by atoms with van der Waals surface area (Å²) in [6, 6.07) is 0.629. The van der Waals surface area contributed by atoms with Crippen LogP contribution in [0, 0.1) is 0 Å². The summed E-state index contributed by atoms with van der Waals surface area (Å²) >= 11 is 0. The van der Waals surface area contributed by atoms with Gasteiger partial charge >= 0.3 is 0 Å². The van der Waals surface area contributed by atoms with Crippen molar-refractivity contribution in [3.63, 3.8) is 0 Å². The maximum atomic E-state index is 11.2. The molecule has 1 rings (SSSR count). The molecular weight excluding hydrogens is 190 g/mol. The number of hydrogen-bond donors (Lipinski definition) is 2. The zero-order valence-electron chi connectivity index (χ0n) is 9.88. The molecule has 0 aromatic rings. The van der Waals surface area contributed by atoms with Gasteiger partial charge in [-0.05, 0) is 33.4 Å². The van der Waals surface area contributed by atoms with Crippen LogP contribution in [-0.4, -0.2) is 50.1 Å². The van der Waals surface area contributed by atoms with Crippen molar-refractivity contribution in [1.29, 1.82) is 0 Å². The topological polar surface area (TPSA) is 44.4 Å². The predicted molar refractivity (Wildman–Crippen MR) is 61.8 cm³/mol. The standard InChI is InChI=1S/C11H23N3O/c1-3-12-11(15)6-8-14(2)9-10-5-4-7-13-10/h10,13H,3-9H2,1-2H3,(H,12,15). The Labute approximate surface area is 92.4 Å². The van der Waals surface area contributed by atoms with E-state index >= 15 is 0 Å². The molecule has 1 amide bonds. The van der Waals surface area contributed by atoms with Crippen molar-refractivity contribution in [1.82, 2.24) is 15.5 Å². The monoisotopic (exact) mass is 213 g/mol. The highest BCUT2D eigenvalue weighted by molar-refractivity contribution is 5.75. The van der Waals surface area contributed by atoms with Crippen LogP contribution < -0.4 is 10.6 Å².